The fraction of sp³-hybridized carbons (Fsp3) is 0.462. The molecule has 0 aromatic carbocycles. The molecule has 2 rings (SSSR count). The number of nitrogens with zero attached hydrogens (tertiary/aromatic N) is 2. The molecule has 2 aromatic heterocycles. The van der Waals surface area contributed by atoms with Crippen LogP contribution in [0.1, 0.15) is 21.8 Å². The maximum Gasteiger partial charge on any atom is 0.250 e. The second-order valence-electron chi connectivity index (χ2n) is 4.85. The average molecular weight is 328 g/mol. The van der Waals surface area contributed by atoms with Crippen molar-refractivity contribution >= 4 is 21.4 Å². The first-order valence-corrected chi connectivity index (χ1v) is 8.87. The molecular weight excluding hydrogens is 308 g/mol. The molecule has 116 valence electrons. The van der Waals surface area contributed by atoms with E-state index in [4.69, 9.17) is 0 Å². The molecule has 0 saturated heterocycles. The molecule has 0 aliphatic carbocycles. The number of rotatable bonds is 6. The Kier molecular flexibility index (Phi) is 4.82. The minimum absolute atomic E-state index is 0.257. The van der Waals surface area contributed by atoms with Gasteiger partial charge in [-0.2, -0.15) is 5.10 Å². The topological polar surface area (TPSA) is 76.0 Å². The lowest BCUT2D eigenvalue weighted by molar-refractivity contribution is 0.583. The van der Waals surface area contributed by atoms with Crippen molar-refractivity contribution in [2.45, 2.75) is 31.1 Å². The zero-order valence-electron chi connectivity index (χ0n) is 12.6. The van der Waals surface area contributed by atoms with Gasteiger partial charge >= 0.3 is 0 Å². The third-order valence-electron chi connectivity index (χ3n) is 3.35. The van der Waals surface area contributed by atoms with Crippen LogP contribution in [-0.2, 0) is 30.2 Å². The number of hydrogen-bond acceptors (Lipinski definition) is 5. The van der Waals surface area contributed by atoms with Crippen molar-refractivity contribution in [3.8, 4) is 0 Å². The predicted octanol–water partition coefficient (Wildman–Crippen LogP) is 1.30. The molecule has 0 saturated carbocycles. The third kappa shape index (κ3) is 3.52. The fourth-order valence-corrected chi connectivity index (χ4v) is 4.49. The van der Waals surface area contributed by atoms with Gasteiger partial charge in [0.2, 0.25) is 10.0 Å². The molecule has 0 fully saturated rings. The molecule has 0 radical (unpaired) electrons. The summed E-state index contributed by atoms with van der Waals surface area (Å²) in [5.41, 5.74) is 2.74. The molecule has 0 aliphatic heterocycles. The summed E-state index contributed by atoms with van der Waals surface area (Å²) in [5, 5.41) is 7.30. The lowest BCUT2D eigenvalue weighted by Gasteiger charge is -2.05. The summed E-state index contributed by atoms with van der Waals surface area (Å²) in [4.78, 5) is 0.992. The minimum atomic E-state index is -3.48. The Morgan fingerprint density at radius 3 is 2.57 bits per heavy atom. The largest absolute Gasteiger partial charge is 0.315 e. The normalized spacial score (nSPS) is 12.0. The number of nitrogens with one attached hydrogen (secondary N) is 2. The first kappa shape index (κ1) is 16.2. The van der Waals surface area contributed by atoms with Gasteiger partial charge in [0.25, 0.3) is 0 Å². The maximum atomic E-state index is 12.3. The van der Waals surface area contributed by atoms with E-state index in [1.165, 1.54) is 11.3 Å². The van der Waals surface area contributed by atoms with Crippen molar-refractivity contribution < 1.29 is 8.42 Å². The van der Waals surface area contributed by atoms with Crippen LogP contribution in [0, 0.1) is 13.8 Å². The Hall–Kier alpha value is -1.22. The van der Waals surface area contributed by atoms with Crippen LogP contribution >= 0.6 is 11.3 Å². The molecule has 8 heteroatoms. The quantitative estimate of drug-likeness (QED) is 0.838. The van der Waals surface area contributed by atoms with Gasteiger partial charge in [-0.3, -0.25) is 4.68 Å². The van der Waals surface area contributed by atoms with Crippen molar-refractivity contribution in [1.29, 1.82) is 0 Å². The highest BCUT2D eigenvalue weighted by atomic mass is 32.2. The summed E-state index contributed by atoms with van der Waals surface area (Å²) in [7, 11) is 0.208. The molecule has 2 N–H and O–H groups in total. The van der Waals surface area contributed by atoms with E-state index in [2.05, 4.69) is 15.1 Å². The second-order valence-corrected chi connectivity index (χ2v) is 8.01. The van der Waals surface area contributed by atoms with E-state index in [0.717, 1.165) is 21.8 Å². The van der Waals surface area contributed by atoms with Gasteiger partial charge in [0, 0.05) is 36.3 Å². The van der Waals surface area contributed by atoms with Gasteiger partial charge in [0.1, 0.15) is 4.21 Å². The van der Waals surface area contributed by atoms with Crippen molar-refractivity contribution in [2.75, 3.05) is 7.05 Å². The van der Waals surface area contributed by atoms with Crippen LogP contribution in [0.4, 0.5) is 0 Å². The van der Waals surface area contributed by atoms with E-state index in [1.807, 2.05) is 34.0 Å². The van der Waals surface area contributed by atoms with Crippen LogP contribution in [0.3, 0.4) is 0 Å². The molecule has 0 amide bonds. The molecule has 0 atom stereocenters. The monoisotopic (exact) mass is 328 g/mol. The van der Waals surface area contributed by atoms with Crippen LogP contribution in [0.2, 0.25) is 0 Å². The molecule has 0 bridgehead atoms. The van der Waals surface area contributed by atoms with Crippen LogP contribution in [0.5, 0.6) is 0 Å². The van der Waals surface area contributed by atoms with Crippen LogP contribution < -0.4 is 10.0 Å². The van der Waals surface area contributed by atoms with Crippen LogP contribution in [0.25, 0.3) is 0 Å². The zero-order chi connectivity index (χ0) is 15.6. The van der Waals surface area contributed by atoms with Gasteiger partial charge < -0.3 is 5.32 Å². The first-order chi connectivity index (χ1) is 9.85. The van der Waals surface area contributed by atoms with Crippen molar-refractivity contribution in [3.63, 3.8) is 0 Å². The summed E-state index contributed by atoms with van der Waals surface area (Å²) in [5.74, 6) is 0. The third-order valence-corrected chi connectivity index (χ3v) is 6.33. The Morgan fingerprint density at radius 1 is 1.29 bits per heavy atom. The van der Waals surface area contributed by atoms with E-state index < -0.39 is 10.0 Å². The van der Waals surface area contributed by atoms with E-state index in [0.29, 0.717) is 10.8 Å². The Balaban J connectivity index is 2.13. The predicted molar refractivity (Wildman–Crippen MR) is 83.8 cm³/mol. The summed E-state index contributed by atoms with van der Waals surface area (Å²) < 4.78 is 29.4. The number of hydrogen-bond donors (Lipinski definition) is 2. The molecule has 2 heterocycles. The van der Waals surface area contributed by atoms with Crippen molar-refractivity contribution in [3.05, 3.63) is 34.0 Å². The standard InChI is InChI=1S/C13H20N4O2S2/c1-9-12(10(2)17(4)16-9)8-15-21(18,19)13-6-5-11(20-13)7-14-3/h5-6,14-15H,7-8H2,1-4H3. The Labute approximate surface area is 129 Å². The van der Waals surface area contributed by atoms with Crippen molar-refractivity contribution in [1.82, 2.24) is 19.8 Å². The second kappa shape index (κ2) is 6.27. The van der Waals surface area contributed by atoms with E-state index >= 15 is 0 Å². The highest BCUT2D eigenvalue weighted by molar-refractivity contribution is 7.91. The number of thiophene rings is 1. The van der Waals surface area contributed by atoms with Crippen LogP contribution in [0.15, 0.2) is 16.3 Å². The summed E-state index contributed by atoms with van der Waals surface area (Å²) in [6.07, 6.45) is 0. The fourth-order valence-electron chi connectivity index (χ4n) is 2.08. The highest BCUT2D eigenvalue weighted by Crippen LogP contribution is 2.22. The number of sulfonamides is 1. The number of aryl methyl sites for hydroxylation is 2. The lowest BCUT2D eigenvalue weighted by Crippen LogP contribution is -2.23. The van der Waals surface area contributed by atoms with Crippen molar-refractivity contribution in [2.24, 2.45) is 7.05 Å². The molecule has 0 spiro atoms. The lowest BCUT2D eigenvalue weighted by atomic mass is 10.2. The molecule has 0 unspecified atom stereocenters. The SMILES string of the molecule is CNCc1ccc(S(=O)(=O)NCc2c(C)nn(C)c2C)s1. The zero-order valence-corrected chi connectivity index (χ0v) is 14.2. The summed E-state index contributed by atoms with van der Waals surface area (Å²) in [6.45, 7) is 4.74. The van der Waals surface area contributed by atoms with Gasteiger partial charge in [-0.25, -0.2) is 13.1 Å². The molecule has 6 nitrogen and oxygen atoms in total. The number of aromatic nitrogens is 2. The van der Waals surface area contributed by atoms with E-state index in [-0.39, 0.29) is 6.54 Å². The Bertz CT molecular complexity index is 731. The summed E-state index contributed by atoms with van der Waals surface area (Å²) >= 11 is 1.28. The molecular formula is C13H20N4O2S2. The van der Waals surface area contributed by atoms with E-state index in [9.17, 15) is 8.42 Å². The molecule has 21 heavy (non-hydrogen) atoms. The minimum Gasteiger partial charge on any atom is -0.315 e. The molecule has 0 aliphatic rings. The van der Waals surface area contributed by atoms with Gasteiger partial charge in [-0.15, -0.1) is 11.3 Å². The first-order valence-electron chi connectivity index (χ1n) is 6.57. The molecule has 2 aromatic rings. The van der Waals surface area contributed by atoms with Gasteiger partial charge in [0.05, 0.1) is 5.69 Å². The Morgan fingerprint density at radius 2 is 2.00 bits per heavy atom. The maximum absolute atomic E-state index is 12.3. The van der Waals surface area contributed by atoms with Gasteiger partial charge in [0.15, 0.2) is 0 Å². The van der Waals surface area contributed by atoms with E-state index in [1.54, 1.807) is 10.7 Å². The van der Waals surface area contributed by atoms with Gasteiger partial charge in [-0.05, 0) is 33.0 Å². The smallest absolute Gasteiger partial charge is 0.250 e. The van der Waals surface area contributed by atoms with Gasteiger partial charge in [-0.1, -0.05) is 0 Å². The highest BCUT2D eigenvalue weighted by Gasteiger charge is 2.18. The average Bonchev–Trinajstić information content (AvgIpc) is 2.96. The van der Waals surface area contributed by atoms with Crippen LogP contribution in [-0.4, -0.2) is 25.2 Å². The summed E-state index contributed by atoms with van der Waals surface area (Å²) in [6, 6.07) is 3.47.